The second-order valence-corrected chi connectivity index (χ2v) is 7.28. The van der Waals surface area contributed by atoms with Crippen molar-refractivity contribution in [3.05, 3.63) is 47.0 Å². The Morgan fingerprint density at radius 3 is 2.71 bits per heavy atom. The minimum Gasteiger partial charge on any atom is -0.480 e. The number of ether oxygens (including phenoxy) is 1. The lowest BCUT2D eigenvalue weighted by Gasteiger charge is -2.27. The molecule has 4 rings (SSSR count). The van der Waals surface area contributed by atoms with E-state index in [0.717, 1.165) is 30.5 Å². The van der Waals surface area contributed by atoms with Crippen molar-refractivity contribution >= 4 is 11.9 Å². The van der Waals surface area contributed by atoms with Crippen LogP contribution in [0.3, 0.4) is 0 Å². The SMILES string of the molecule is O=C(NC(C(=O)O)C1CCCOC1)c1nn(-c2ccc(F)cc2)c2c1CCC2. The molecule has 2 atom stereocenters. The summed E-state index contributed by atoms with van der Waals surface area (Å²) in [6, 6.07) is 4.91. The Kier molecular flexibility index (Phi) is 5.13. The molecule has 1 saturated heterocycles. The molecule has 7 nitrogen and oxygen atoms in total. The molecule has 8 heteroatoms. The van der Waals surface area contributed by atoms with E-state index in [2.05, 4.69) is 10.4 Å². The highest BCUT2D eigenvalue weighted by atomic mass is 19.1. The van der Waals surface area contributed by atoms with Gasteiger partial charge in [-0.15, -0.1) is 0 Å². The van der Waals surface area contributed by atoms with Gasteiger partial charge in [-0.1, -0.05) is 0 Å². The highest BCUT2D eigenvalue weighted by Crippen LogP contribution is 2.28. The molecule has 28 heavy (non-hydrogen) atoms. The Morgan fingerprint density at radius 1 is 1.25 bits per heavy atom. The molecule has 1 aromatic heterocycles. The Bertz CT molecular complexity index is 888. The van der Waals surface area contributed by atoms with Crippen LogP contribution < -0.4 is 5.32 Å². The van der Waals surface area contributed by atoms with Gasteiger partial charge in [-0.25, -0.2) is 13.9 Å². The lowest BCUT2D eigenvalue weighted by Crippen LogP contribution is -2.48. The molecule has 0 radical (unpaired) electrons. The van der Waals surface area contributed by atoms with E-state index in [1.165, 1.54) is 12.1 Å². The van der Waals surface area contributed by atoms with Crippen LogP contribution in [0.2, 0.25) is 0 Å². The topological polar surface area (TPSA) is 93.5 Å². The van der Waals surface area contributed by atoms with Gasteiger partial charge in [0.1, 0.15) is 11.9 Å². The molecule has 1 fully saturated rings. The molecule has 1 amide bonds. The van der Waals surface area contributed by atoms with Gasteiger partial charge in [0.15, 0.2) is 5.69 Å². The van der Waals surface area contributed by atoms with E-state index in [1.807, 2.05) is 0 Å². The fourth-order valence-electron chi connectivity index (χ4n) is 4.03. The summed E-state index contributed by atoms with van der Waals surface area (Å²) in [6.45, 7) is 0.936. The van der Waals surface area contributed by atoms with Crippen LogP contribution in [0.4, 0.5) is 4.39 Å². The van der Waals surface area contributed by atoms with Gasteiger partial charge in [-0.05, 0) is 56.4 Å². The molecule has 2 aromatic rings. The van der Waals surface area contributed by atoms with E-state index in [1.54, 1.807) is 16.8 Å². The van der Waals surface area contributed by atoms with Gasteiger partial charge in [-0.3, -0.25) is 4.79 Å². The highest BCUT2D eigenvalue weighted by Gasteiger charge is 2.34. The predicted octanol–water partition coefficient (Wildman–Crippen LogP) is 2.11. The van der Waals surface area contributed by atoms with Gasteiger partial charge in [-0.2, -0.15) is 5.10 Å². The van der Waals surface area contributed by atoms with Crippen molar-refractivity contribution in [1.82, 2.24) is 15.1 Å². The van der Waals surface area contributed by atoms with Gasteiger partial charge in [0.25, 0.3) is 5.91 Å². The molecule has 0 bridgehead atoms. The van der Waals surface area contributed by atoms with Crippen LogP contribution in [0.1, 0.15) is 41.0 Å². The molecule has 2 aliphatic rings. The average Bonchev–Trinajstić information content (AvgIpc) is 3.30. The minimum atomic E-state index is -1.07. The number of carbonyl (C=O) groups excluding carboxylic acids is 1. The first-order valence-electron chi connectivity index (χ1n) is 9.52. The summed E-state index contributed by atoms with van der Waals surface area (Å²) >= 11 is 0. The van der Waals surface area contributed by atoms with Crippen LogP contribution >= 0.6 is 0 Å². The van der Waals surface area contributed by atoms with E-state index >= 15 is 0 Å². The third-order valence-electron chi connectivity index (χ3n) is 5.44. The smallest absolute Gasteiger partial charge is 0.326 e. The quantitative estimate of drug-likeness (QED) is 0.820. The molecule has 0 saturated carbocycles. The molecule has 1 aliphatic heterocycles. The van der Waals surface area contributed by atoms with Crippen molar-refractivity contribution < 1.29 is 23.8 Å². The van der Waals surface area contributed by atoms with E-state index in [0.29, 0.717) is 31.7 Å². The lowest BCUT2D eigenvalue weighted by atomic mass is 9.93. The first-order chi connectivity index (χ1) is 13.5. The number of hydrogen-bond donors (Lipinski definition) is 2. The molecule has 2 N–H and O–H groups in total. The molecule has 2 unspecified atom stereocenters. The zero-order chi connectivity index (χ0) is 19.7. The molecule has 1 aromatic carbocycles. The number of carboxylic acids is 1. The van der Waals surface area contributed by atoms with Crippen LogP contribution in [0.5, 0.6) is 0 Å². The van der Waals surface area contributed by atoms with Gasteiger partial charge >= 0.3 is 5.97 Å². The number of amides is 1. The summed E-state index contributed by atoms with van der Waals surface area (Å²) in [6.07, 6.45) is 3.85. The number of rotatable bonds is 5. The number of hydrogen-bond acceptors (Lipinski definition) is 4. The Balaban J connectivity index is 1.61. The number of carbonyl (C=O) groups is 2. The zero-order valence-electron chi connectivity index (χ0n) is 15.4. The zero-order valence-corrected chi connectivity index (χ0v) is 15.4. The normalized spacial score (nSPS) is 19.8. The summed E-state index contributed by atoms with van der Waals surface area (Å²) in [5.74, 6) is -2.16. The van der Waals surface area contributed by atoms with E-state index in [9.17, 15) is 19.1 Å². The number of aromatic nitrogens is 2. The van der Waals surface area contributed by atoms with Crippen LogP contribution in [0.25, 0.3) is 5.69 Å². The maximum atomic E-state index is 13.2. The highest BCUT2D eigenvalue weighted by molar-refractivity contribution is 5.96. The van der Waals surface area contributed by atoms with Crippen molar-refractivity contribution in [2.75, 3.05) is 13.2 Å². The summed E-state index contributed by atoms with van der Waals surface area (Å²) in [7, 11) is 0. The van der Waals surface area contributed by atoms with Crippen molar-refractivity contribution in [2.45, 2.75) is 38.1 Å². The third kappa shape index (κ3) is 3.52. The molecular weight excluding hydrogens is 365 g/mol. The first-order valence-corrected chi connectivity index (χ1v) is 9.52. The van der Waals surface area contributed by atoms with Crippen LogP contribution in [0, 0.1) is 11.7 Å². The van der Waals surface area contributed by atoms with Crippen LogP contribution in [-0.2, 0) is 22.4 Å². The lowest BCUT2D eigenvalue weighted by molar-refractivity contribution is -0.142. The van der Waals surface area contributed by atoms with E-state index in [4.69, 9.17) is 4.74 Å². The minimum absolute atomic E-state index is 0.250. The fourth-order valence-corrected chi connectivity index (χ4v) is 4.03. The number of fused-ring (bicyclic) bond motifs is 1. The number of nitrogens with one attached hydrogen (secondary N) is 1. The van der Waals surface area contributed by atoms with Crippen LogP contribution in [0.15, 0.2) is 24.3 Å². The maximum Gasteiger partial charge on any atom is 0.326 e. The second kappa shape index (κ2) is 7.71. The van der Waals surface area contributed by atoms with E-state index in [-0.39, 0.29) is 17.4 Å². The Hall–Kier alpha value is -2.74. The van der Waals surface area contributed by atoms with Gasteiger partial charge < -0.3 is 15.2 Å². The standard InChI is InChI=1S/C20H22FN3O4/c21-13-6-8-14(9-7-13)24-16-5-1-4-15(16)18(23-24)19(25)22-17(20(26)27)12-3-2-10-28-11-12/h6-9,12,17H,1-5,10-11H2,(H,22,25)(H,26,27). The molecule has 0 spiro atoms. The summed E-state index contributed by atoms with van der Waals surface area (Å²) < 4.78 is 20.3. The van der Waals surface area contributed by atoms with Gasteiger partial charge in [0.2, 0.25) is 0 Å². The van der Waals surface area contributed by atoms with Crippen molar-refractivity contribution in [3.8, 4) is 5.69 Å². The number of halogens is 1. The fraction of sp³-hybridized carbons (Fsp3) is 0.450. The van der Waals surface area contributed by atoms with Crippen molar-refractivity contribution in [2.24, 2.45) is 5.92 Å². The monoisotopic (exact) mass is 387 g/mol. The summed E-state index contributed by atoms with van der Waals surface area (Å²) in [5.41, 5.74) is 2.68. The third-order valence-corrected chi connectivity index (χ3v) is 5.44. The molecule has 148 valence electrons. The van der Waals surface area contributed by atoms with Gasteiger partial charge in [0, 0.05) is 23.8 Å². The molecule has 2 heterocycles. The Morgan fingerprint density at radius 2 is 2.04 bits per heavy atom. The maximum absolute atomic E-state index is 13.2. The number of benzene rings is 1. The van der Waals surface area contributed by atoms with E-state index < -0.39 is 17.9 Å². The average molecular weight is 387 g/mol. The van der Waals surface area contributed by atoms with Crippen LogP contribution in [-0.4, -0.2) is 46.0 Å². The molecular formula is C20H22FN3O4. The number of carboxylic acid groups (broad SMARTS) is 1. The van der Waals surface area contributed by atoms with Crippen molar-refractivity contribution in [1.29, 1.82) is 0 Å². The number of aliphatic carboxylic acids is 1. The first kappa shape index (κ1) is 18.6. The number of nitrogens with zero attached hydrogens (tertiary/aromatic N) is 2. The van der Waals surface area contributed by atoms with Crippen molar-refractivity contribution in [3.63, 3.8) is 0 Å². The molecule has 1 aliphatic carbocycles. The Labute approximate surface area is 161 Å². The summed E-state index contributed by atoms with van der Waals surface area (Å²) in [4.78, 5) is 24.6. The second-order valence-electron chi connectivity index (χ2n) is 7.28. The predicted molar refractivity (Wildman–Crippen MR) is 98.0 cm³/mol. The van der Waals surface area contributed by atoms with Gasteiger partial charge in [0.05, 0.1) is 12.3 Å². The largest absolute Gasteiger partial charge is 0.480 e. The summed E-state index contributed by atoms with van der Waals surface area (Å²) in [5, 5.41) is 16.7.